The number of para-hydroxylation sites is 1. The lowest BCUT2D eigenvalue weighted by atomic mass is 10.0. The van der Waals surface area contributed by atoms with Gasteiger partial charge in [0, 0.05) is 26.2 Å². The topological polar surface area (TPSA) is 81.4 Å². The van der Waals surface area contributed by atoms with E-state index in [0.717, 1.165) is 26.2 Å². The van der Waals surface area contributed by atoms with Crippen molar-refractivity contribution in [1.29, 1.82) is 0 Å². The molecule has 1 saturated heterocycles. The van der Waals surface area contributed by atoms with Crippen LogP contribution in [0.3, 0.4) is 0 Å². The maximum absolute atomic E-state index is 13.3. The molecule has 0 spiro atoms. The van der Waals surface area contributed by atoms with Crippen molar-refractivity contribution < 1.29 is 14.0 Å². The summed E-state index contributed by atoms with van der Waals surface area (Å²) in [6.45, 7) is 3.39. The number of benzene rings is 1. The fourth-order valence-corrected chi connectivity index (χ4v) is 3.90. The van der Waals surface area contributed by atoms with Crippen LogP contribution in [-0.4, -0.2) is 60.8 Å². The van der Waals surface area contributed by atoms with Gasteiger partial charge in [0.2, 0.25) is 0 Å². The smallest absolute Gasteiger partial charge is 0.282 e. The van der Waals surface area contributed by atoms with Crippen molar-refractivity contribution in [1.82, 2.24) is 15.1 Å². The van der Waals surface area contributed by atoms with E-state index in [0.29, 0.717) is 23.0 Å². The number of nitrogens with one attached hydrogen (secondary N) is 1. The Bertz CT molecular complexity index is 1000. The molecule has 1 aromatic heterocycles. The molecule has 0 aliphatic carbocycles. The van der Waals surface area contributed by atoms with Crippen LogP contribution >= 0.6 is 0 Å². The Hall–Kier alpha value is -3.39. The molecule has 3 aliphatic rings. The minimum absolute atomic E-state index is 0.282. The SMILES string of the molecule is CN1CCN(C2=N[C@H](c3ccco3)C3=C(N2)C(=O)N(c2ccccc2)C3=O)CC1. The lowest BCUT2D eigenvalue weighted by Crippen LogP contribution is -2.52. The standard InChI is InChI=1S/C21H21N5O3/c1-24-9-11-25(12-10-24)21-22-17(15-8-5-13-29-15)16-18(23-21)20(28)26(19(16)27)14-6-3-2-4-7-14/h2-8,13,17H,9-12H2,1H3,(H,22,23)/t17-/m1/s1. The lowest BCUT2D eigenvalue weighted by Gasteiger charge is -2.36. The number of hydrogen-bond donors (Lipinski definition) is 1. The molecular weight excluding hydrogens is 370 g/mol. The molecule has 148 valence electrons. The molecule has 8 heteroatoms. The van der Waals surface area contributed by atoms with Crippen molar-refractivity contribution in [2.45, 2.75) is 6.04 Å². The normalized spacial score (nSPS) is 22.7. The highest BCUT2D eigenvalue weighted by atomic mass is 16.3. The summed E-state index contributed by atoms with van der Waals surface area (Å²) in [6.07, 6.45) is 1.55. The van der Waals surface area contributed by atoms with E-state index in [4.69, 9.17) is 9.41 Å². The van der Waals surface area contributed by atoms with Gasteiger partial charge in [-0.15, -0.1) is 0 Å². The predicted octanol–water partition coefficient (Wildman–Crippen LogP) is 1.35. The third kappa shape index (κ3) is 2.92. The third-order valence-electron chi connectivity index (χ3n) is 5.51. The quantitative estimate of drug-likeness (QED) is 0.779. The Morgan fingerprint density at radius 3 is 2.45 bits per heavy atom. The van der Waals surface area contributed by atoms with Crippen LogP contribution in [0.4, 0.5) is 5.69 Å². The van der Waals surface area contributed by atoms with Gasteiger partial charge < -0.3 is 19.5 Å². The van der Waals surface area contributed by atoms with Gasteiger partial charge in [-0.2, -0.15) is 0 Å². The van der Waals surface area contributed by atoms with Crippen molar-refractivity contribution in [3.05, 3.63) is 65.8 Å². The molecule has 0 saturated carbocycles. The average Bonchev–Trinajstić information content (AvgIpc) is 3.36. The first kappa shape index (κ1) is 17.7. The second-order valence-electron chi connectivity index (χ2n) is 7.36. The van der Waals surface area contributed by atoms with Crippen LogP contribution in [0.2, 0.25) is 0 Å². The third-order valence-corrected chi connectivity index (χ3v) is 5.51. The van der Waals surface area contributed by atoms with E-state index in [1.54, 1.807) is 42.7 Å². The molecule has 0 bridgehead atoms. The molecule has 3 aliphatic heterocycles. The summed E-state index contributed by atoms with van der Waals surface area (Å²) in [6, 6.07) is 11.8. The van der Waals surface area contributed by atoms with E-state index in [2.05, 4.69) is 22.2 Å². The maximum Gasteiger partial charge on any atom is 0.282 e. The van der Waals surface area contributed by atoms with Crippen LogP contribution in [0.1, 0.15) is 11.8 Å². The summed E-state index contributed by atoms with van der Waals surface area (Å²) in [5.74, 6) is 0.413. The maximum atomic E-state index is 13.3. The number of likely N-dealkylation sites (N-methyl/N-ethyl adjacent to an activating group) is 1. The van der Waals surface area contributed by atoms with Gasteiger partial charge in [0.05, 0.1) is 17.5 Å². The van der Waals surface area contributed by atoms with Gasteiger partial charge in [-0.1, -0.05) is 18.2 Å². The monoisotopic (exact) mass is 391 g/mol. The first-order valence-corrected chi connectivity index (χ1v) is 9.63. The Morgan fingerprint density at radius 1 is 1.00 bits per heavy atom. The summed E-state index contributed by atoms with van der Waals surface area (Å²) >= 11 is 0. The molecular formula is C21H21N5O3. The number of aliphatic imine (C=N–C) groups is 1. The number of nitrogens with zero attached hydrogens (tertiary/aromatic N) is 4. The summed E-state index contributed by atoms with van der Waals surface area (Å²) in [5, 5.41) is 3.16. The number of anilines is 1. The van der Waals surface area contributed by atoms with E-state index in [1.807, 2.05) is 6.07 Å². The summed E-state index contributed by atoms with van der Waals surface area (Å²) < 4.78 is 5.58. The van der Waals surface area contributed by atoms with Crippen molar-refractivity contribution in [2.75, 3.05) is 38.1 Å². The van der Waals surface area contributed by atoms with Gasteiger partial charge in [-0.25, -0.2) is 9.89 Å². The zero-order valence-corrected chi connectivity index (χ0v) is 16.0. The summed E-state index contributed by atoms with van der Waals surface area (Å²) in [4.78, 5) is 36.8. The van der Waals surface area contributed by atoms with Crippen LogP contribution in [0.5, 0.6) is 0 Å². The van der Waals surface area contributed by atoms with Gasteiger partial charge >= 0.3 is 0 Å². The largest absolute Gasteiger partial charge is 0.467 e. The Labute approximate surface area is 168 Å². The summed E-state index contributed by atoms with van der Waals surface area (Å²) in [5.41, 5.74) is 1.15. The molecule has 2 aromatic rings. The molecule has 4 heterocycles. The number of furan rings is 1. The van der Waals surface area contributed by atoms with Gasteiger partial charge in [0.25, 0.3) is 11.8 Å². The fraction of sp³-hybridized carbons (Fsp3) is 0.286. The van der Waals surface area contributed by atoms with E-state index < -0.39 is 6.04 Å². The highest BCUT2D eigenvalue weighted by Crippen LogP contribution is 2.38. The minimum atomic E-state index is -0.652. The first-order chi connectivity index (χ1) is 14.1. The lowest BCUT2D eigenvalue weighted by molar-refractivity contribution is -0.120. The van der Waals surface area contributed by atoms with Crippen LogP contribution in [-0.2, 0) is 9.59 Å². The van der Waals surface area contributed by atoms with Crippen LogP contribution in [0, 0.1) is 0 Å². The minimum Gasteiger partial charge on any atom is -0.467 e. The van der Waals surface area contributed by atoms with Crippen LogP contribution < -0.4 is 10.2 Å². The van der Waals surface area contributed by atoms with Crippen molar-refractivity contribution >= 4 is 23.5 Å². The van der Waals surface area contributed by atoms with Crippen LogP contribution in [0.15, 0.2) is 69.4 Å². The number of amides is 2. The van der Waals surface area contributed by atoms with E-state index >= 15 is 0 Å². The molecule has 2 amide bonds. The highest BCUT2D eigenvalue weighted by molar-refractivity contribution is 6.34. The first-order valence-electron chi connectivity index (χ1n) is 9.63. The zero-order valence-electron chi connectivity index (χ0n) is 16.0. The zero-order chi connectivity index (χ0) is 20.0. The molecule has 1 atom stereocenters. The number of rotatable bonds is 2. The number of imide groups is 1. The molecule has 29 heavy (non-hydrogen) atoms. The number of hydrogen-bond acceptors (Lipinski definition) is 7. The van der Waals surface area contributed by atoms with E-state index in [1.165, 1.54) is 4.90 Å². The van der Waals surface area contributed by atoms with Crippen LogP contribution in [0.25, 0.3) is 0 Å². The van der Waals surface area contributed by atoms with Crippen molar-refractivity contribution in [2.24, 2.45) is 4.99 Å². The molecule has 8 nitrogen and oxygen atoms in total. The van der Waals surface area contributed by atoms with Gasteiger partial charge in [-0.05, 0) is 31.3 Å². The van der Waals surface area contributed by atoms with Gasteiger partial charge in [0.1, 0.15) is 17.5 Å². The fourth-order valence-electron chi connectivity index (χ4n) is 3.90. The van der Waals surface area contributed by atoms with Crippen molar-refractivity contribution in [3.63, 3.8) is 0 Å². The van der Waals surface area contributed by atoms with E-state index in [-0.39, 0.29) is 17.5 Å². The average molecular weight is 391 g/mol. The summed E-state index contributed by atoms with van der Waals surface area (Å²) in [7, 11) is 2.08. The van der Waals surface area contributed by atoms with E-state index in [9.17, 15) is 9.59 Å². The van der Waals surface area contributed by atoms with Crippen molar-refractivity contribution in [3.8, 4) is 0 Å². The molecule has 0 radical (unpaired) electrons. The molecule has 0 unspecified atom stereocenters. The Kier molecular flexibility index (Phi) is 4.21. The number of carbonyl (C=O) groups is 2. The predicted molar refractivity (Wildman–Crippen MR) is 107 cm³/mol. The molecule has 1 aromatic carbocycles. The Balaban J connectivity index is 1.53. The molecule has 1 fully saturated rings. The second kappa shape index (κ2) is 6.89. The molecule has 1 N–H and O–H groups in total. The molecule has 5 rings (SSSR count). The Morgan fingerprint density at radius 2 is 1.76 bits per heavy atom. The second-order valence-corrected chi connectivity index (χ2v) is 7.36. The number of carbonyl (C=O) groups excluding carboxylic acids is 2. The van der Waals surface area contributed by atoms with Gasteiger partial charge in [0.15, 0.2) is 5.96 Å². The highest BCUT2D eigenvalue weighted by Gasteiger charge is 2.47. The number of guanidine groups is 1. The van der Waals surface area contributed by atoms with Gasteiger partial charge in [-0.3, -0.25) is 9.59 Å². The number of piperazine rings is 1.